The number of amides is 1. The summed E-state index contributed by atoms with van der Waals surface area (Å²) in [7, 11) is 1.60. The standard InChI is InChI=1S/C12H24N2O3/c1-11(4-6-13-8-11)10(15)14-9-12(2,16)5-7-17-3/h13,16H,4-9H2,1-3H3,(H,14,15). The van der Waals surface area contributed by atoms with Gasteiger partial charge in [0.05, 0.1) is 11.0 Å². The third-order valence-corrected chi connectivity index (χ3v) is 3.39. The molecular formula is C12H24N2O3. The first-order chi connectivity index (χ1) is 7.90. The molecule has 1 saturated heterocycles. The van der Waals surface area contributed by atoms with E-state index in [1.165, 1.54) is 0 Å². The Morgan fingerprint density at radius 1 is 1.65 bits per heavy atom. The van der Waals surface area contributed by atoms with Crippen LogP contribution in [-0.4, -0.2) is 50.0 Å². The Hall–Kier alpha value is -0.650. The smallest absolute Gasteiger partial charge is 0.227 e. The second-order valence-corrected chi connectivity index (χ2v) is 5.41. The van der Waals surface area contributed by atoms with E-state index in [1.54, 1.807) is 14.0 Å². The number of rotatable bonds is 6. The Bertz CT molecular complexity index is 260. The molecule has 17 heavy (non-hydrogen) atoms. The Morgan fingerprint density at radius 2 is 2.35 bits per heavy atom. The lowest BCUT2D eigenvalue weighted by atomic mass is 9.88. The van der Waals surface area contributed by atoms with E-state index in [4.69, 9.17) is 4.74 Å². The van der Waals surface area contributed by atoms with Crippen LogP contribution < -0.4 is 10.6 Å². The van der Waals surface area contributed by atoms with Crippen LogP contribution in [0.5, 0.6) is 0 Å². The zero-order valence-corrected chi connectivity index (χ0v) is 11.0. The predicted octanol–water partition coefficient (Wildman–Crippen LogP) is -0.110. The minimum absolute atomic E-state index is 0.0141. The monoisotopic (exact) mass is 244 g/mol. The minimum Gasteiger partial charge on any atom is -0.388 e. The number of aliphatic hydroxyl groups is 1. The number of hydrogen-bond donors (Lipinski definition) is 3. The number of carbonyl (C=O) groups excluding carboxylic acids is 1. The molecule has 0 bridgehead atoms. The van der Waals surface area contributed by atoms with E-state index in [9.17, 15) is 9.90 Å². The van der Waals surface area contributed by atoms with Gasteiger partial charge in [-0.25, -0.2) is 0 Å². The van der Waals surface area contributed by atoms with E-state index in [2.05, 4.69) is 10.6 Å². The largest absolute Gasteiger partial charge is 0.388 e. The molecule has 0 aromatic carbocycles. The molecule has 2 unspecified atom stereocenters. The lowest BCUT2D eigenvalue weighted by Gasteiger charge is -2.27. The van der Waals surface area contributed by atoms with Crippen molar-refractivity contribution in [2.75, 3.05) is 33.4 Å². The summed E-state index contributed by atoms with van der Waals surface area (Å²) >= 11 is 0. The molecule has 0 aromatic rings. The maximum absolute atomic E-state index is 12.0. The summed E-state index contributed by atoms with van der Waals surface area (Å²) in [4.78, 5) is 12.0. The van der Waals surface area contributed by atoms with Crippen LogP contribution in [0.2, 0.25) is 0 Å². The van der Waals surface area contributed by atoms with Gasteiger partial charge in [-0.05, 0) is 26.8 Å². The van der Waals surface area contributed by atoms with Crippen molar-refractivity contribution in [1.82, 2.24) is 10.6 Å². The van der Waals surface area contributed by atoms with Crippen molar-refractivity contribution in [2.45, 2.75) is 32.3 Å². The molecule has 5 nitrogen and oxygen atoms in total. The summed E-state index contributed by atoms with van der Waals surface area (Å²) < 4.78 is 4.92. The number of methoxy groups -OCH3 is 1. The van der Waals surface area contributed by atoms with Crippen LogP contribution in [0.4, 0.5) is 0 Å². The average Bonchev–Trinajstić information content (AvgIpc) is 2.72. The first kappa shape index (κ1) is 14.4. The van der Waals surface area contributed by atoms with Gasteiger partial charge in [0.2, 0.25) is 5.91 Å². The molecule has 0 aliphatic carbocycles. The SMILES string of the molecule is COCCC(C)(O)CNC(=O)C1(C)CCNC1. The first-order valence-corrected chi connectivity index (χ1v) is 6.10. The molecule has 1 fully saturated rings. The Balaban J connectivity index is 2.36. The molecule has 0 aromatic heterocycles. The molecule has 1 heterocycles. The highest BCUT2D eigenvalue weighted by molar-refractivity contribution is 5.82. The molecule has 1 rings (SSSR count). The Morgan fingerprint density at radius 3 is 2.88 bits per heavy atom. The molecular weight excluding hydrogens is 220 g/mol. The zero-order valence-electron chi connectivity index (χ0n) is 11.0. The number of ether oxygens (including phenoxy) is 1. The van der Waals surface area contributed by atoms with Crippen LogP contribution in [-0.2, 0) is 9.53 Å². The van der Waals surface area contributed by atoms with Crippen molar-refractivity contribution < 1.29 is 14.6 Å². The van der Waals surface area contributed by atoms with Crippen LogP contribution in [0.15, 0.2) is 0 Å². The van der Waals surface area contributed by atoms with Gasteiger partial charge in [0, 0.05) is 33.2 Å². The van der Waals surface area contributed by atoms with E-state index in [0.717, 1.165) is 13.0 Å². The highest BCUT2D eigenvalue weighted by Crippen LogP contribution is 2.24. The van der Waals surface area contributed by atoms with E-state index in [0.29, 0.717) is 19.6 Å². The Labute approximate surface area is 103 Å². The van der Waals surface area contributed by atoms with Gasteiger partial charge in [0.1, 0.15) is 0 Å². The molecule has 2 atom stereocenters. The summed E-state index contributed by atoms with van der Waals surface area (Å²) in [5.74, 6) is 0.0141. The van der Waals surface area contributed by atoms with Crippen LogP contribution in [0.1, 0.15) is 26.7 Å². The number of carbonyl (C=O) groups is 1. The van der Waals surface area contributed by atoms with Gasteiger partial charge in [-0.3, -0.25) is 4.79 Å². The van der Waals surface area contributed by atoms with E-state index in [-0.39, 0.29) is 17.9 Å². The van der Waals surface area contributed by atoms with Gasteiger partial charge in [0.15, 0.2) is 0 Å². The summed E-state index contributed by atoms with van der Waals surface area (Å²) in [6, 6.07) is 0. The lowest BCUT2D eigenvalue weighted by molar-refractivity contribution is -0.130. The molecule has 0 spiro atoms. The summed E-state index contributed by atoms with van der Waals surface area (Å²) in [5, 5.41) is 16.0. The highest BCUT2D eigenvalue weighted by Gasteiger charge is 2.36. The highest BCUT2D eigenvalue weighted by atomic mass is 16.5. The fourth-order valence-corrected chi connectivity index (χ4v) is 1.91. The van der Waals surface area contributed by atoms with Crippen LogP contribution in [0.25, 0.3) is 0 Å². The minimum atomic E-state index is -0.909. The van der Waals surface area contributed by atoms with Crippen LogP contribution in [0.3, 0.4) is 0 Å². The van der Waals surface area contributed by atoms with Crippen molar-refractivity contribution >= 4 is 5.91 Å². The van der Waals surface area contributed by atoms with Gasteiger partial charge < -0.3 is 20.5 Å². The fraction of sp³-hybridized carbons (Fsp3) is 0.917. The maximum atomic E-state index is 12.0. The maximum Gasteiger partial charge on any atom is 0.227 e. The molecule has 3 N–H and O–H groups in total. The van der Waals surface area contributed by atoms with Crippen molar-refractivity contribution in [2.24, 2.45) is 5.41 Å². The number of hydrogen-bond acceptors (Lipinski definition) is 4. The number of nitrogens with one attached hydrogen (secondary N) is 2. The summed E-state index contributed by atoms with van der Waals surface area (Å²) in [5.41, 5.74) is -1.24. The van der Waals surface area contributed by atoms with Gasteiger partial charge in [-0.1, -0.05) is 0 Å². The zero-order chi connectivity index (χ0) is 12.9. The van der Waals surface area contributed by atoms with Crippen molar-refractivity contribution in [1.29, 1.82) is 0 Å². The van der Waals surface area contributed by atoms with E-state index < -0.39 is 5.60 Å². The second kappa shape index (κ2) is 5.80. The van der Waals surface area contributed by atoms with Gasteiger partial charge in [-0.15, -0.1) is 0 Å². The topological polar surface area (TPSA) is 70.6 Å². The van der Waals surface area contributed by atoms with E-state index in [1.807, 2.05) is 6.92 Å². The predicted molar refractivity (Wildman–Crippen MR) is 65.7 cm³/mol. The molecule has 1 amide bonds. The molecule has 1 aliphatic heterocycles. The molecule has 0 saturated carbocycles. The van der Waals surface area contributed by atoms with Crippen molar-refractivity contribution in [3.05, 3.63) is 0 Å². The van der Waals surface area contributed by atoms with Crippen molar-refractivity contribution in [3.63, 3.8) is 0 Å². The quantitative estimate of drug-likeness (QED) is 0.610. The average molecular weight is 244 g/mol. The van der Waals surface area contributed by atoms with Gasteiger partial charge in [0.25, 0.3) is 0 Å². The third kappa shape index (κ3) is 4.26. The van der Waals surface area contributed by atoms with Crippen molar-refractivity contribution in [3.8, 4) is 0 Å². The fourth-order valence-electron chi connectivity index (χ4n) is 1.91. The van der Waals surface area contributed by atoms with Crippen LogP contribution >= 0.6 is 0 Å². The van der Waals surface area contributed by atoms with E-state index >= 15 is 0 Å². The molecule has 5 heteroatoms. The first-order valence-electron chi connectivity index (χ1n) is 6.10. The molecule has 1 aliphatic rings. The summed E-state index contributed by atoms with van der Waals surface area (Å²) in [6.45, 7) is 6.00. The summed E-state index contributed by atoms with van der Waals surface area (Å²) in [6.07, 6.45) is 1.36. The lowest BCUT2D eigenvalue weighted by Crippen LogP contribution is -2.47. The molecule has 100 valence electrons. The third-order valence-electron chi connectivity index (χ3n) is 3.39. The Kier molecular flexibility index (Phi) is 4.91. The van der Waals surface area contributed by atoms with Crippen LogP contribution in [0, 0.1) is 5.41 Å². The molecule has 0 radical (unpaired) electrons. The second-order valence-electron chi connectivity index (χ2n) is 5.41. The van der Waals surface area contributed by atoms with Gasteiger partial charge >= 0.3 is 0 Å². The normalized spacial score (nSPS) is 27.8. The van der Waals surface area contributed by atoms with Gasteiger partial charge in [-0.2, -0.15) is 0 Å².